The third kappa shape index (κ3) is 3.10. The molecule has 1 rings (SSSR count). The molecule has 1 nitrogen and oxygen atoms in total. The first kappa shape index (κ1) is 10.8. The number of hydrogen-bond acceptors (Lipinski definition) is 1. The molecule has 1 aromatic rings. The molecule has 0 atom stereocenters. The van der Waals surface area contributed by atoms with Crippen molar-refractivity contribution in [3.63, 3.8) is 0 Å². The zero-order valence-corrected chi connectivity index (χ0v) is 8.87. The van der Waals surface area contributed by atoms with E-state index in [9.17, 15) is 5.11 Å². The Labute approximate surface area is 89.0 Å². The smallest absolute Gasteiger partial charge is 0.872 e. The van der Waals surface area contributed by atoms with Gasteiger partial charge in [0.05, 0.1) is 0 Å². The molecule has 0 aliphatic rings. The predicted octanol–water partition coefficient (Wildman–Crippen LogP) is -1.59. The Morgan fingerprint density at radius 2 is 1.82 bits per heavy atom. The standard InChI is InChI=1S/C9H10O.Na/c1-2-9(10)8-6-4-3-5-7-8;/h2-7,10H,1H3;/q;+1/p-1/b9-2-;. The fraction of sp³-hybridized carbons (Fsp3) is 0.111. The molecule has 1 aromatic carbocycles. The van der Waals surface area contributed by atoms with E-state index in [1.54, 1.807) is 13.0 Å². The summed E-state index contributed by atoms with van der Waals surface area (Å²) in [5.74, 6) is 0.0839. The van der Waals surface area contributed by atoms with Gasteiger partial charge >= 0.3 is 29.6 Å². The van der Waals surface area contributed by atoms with Crippen molar-refractivity contribution in [3.05, 3.63) is 42.0 Å². The van der Waals surface area contributed by atoms with Crippen molar-refractivity contribution >= 4 is 5.76 Å². The summed E-state index contributed by atoms with van der Waals surface area (Å²) in [7, 11) is 0. The van der Waals surface area contributed by atoms with Crippen LogP contribution in [0.2, 0.25) is 0 Å². The van der Waals surface area contributed by atoms with Crippen LogP contribution in [0.15, 0.2) is 36.4 Å². The van der Waals surface area contributed by atoms with Gasteiger partial charge in [-0.2, -0.15) is 0 Å². The molecular formula is C9H9NaO. The second-order valence-corrected chi connectivity index (χ2v) is 2.02. The summed E-state index contributed by atoms with van der Waals surface area (Å²) >= 11 is 0. The Balaban J connectivity index is 0.000001000. The summed E-state index contributed by atoms with van der Waals surface area (Å²) in [6, 6.07) is 9.23. The van der Waals surface area contributed by atoms with Crippen molar-refractivity contribution in [3.8, 4) is 0 Å². The van der Waals surface area contributed by atoms with Gasteiger partial charge in [0.25, 0.3) is 0 Å². The average molecular weight is 156 g/mol. The van der Waals surface area contributed by atoms with Gasteiger partial charge in [0, 0.05) is 0 Å². The van der Waals surface area contributed by atoms with Crippen LogP contribution in [0.4, 0.5) is 0 Å². The van der Waals surface area contributed by atoms with E-state index in [2.05, 4.69) is 0 Å². The fourth-order valence-electron chi connectivity index (χ4n) is 0.769. The molecule has 11 heavy (non-hydrogen) atoms. The molecule has 0 unspecified atom stereocenters. The van der Waals surface area contributed by atoms with Crippen LogP contribution in [0.5, 0.6) is 0 Å². The predicted molar refractivity (Wildman–Crippen MR) is 40.1 cm³/mol. The quantitative estimate of drug-likeness (QED) is 0.355. The molecule has 0 N–H and O–H groups in total. The Morgan fingerprint density at radius 3 is 2.27 bits per heavy atom. The van der Waals surface area contributed by atoms with Gasteiger partial charge in [0.1, 0.15) is 0 Å². The third-order valence-electron chi connectivity index (χ3n) is 1.32. The van der Waals surface area contributed by atoms with Crippen LogP contribution in [0.25, 0.3) is 5.76 Å². The molecule has 0 spiro atoms. The van der Waals surface area contributed by atoms with Crippen LogP contribution in [-0.2, 0) is 0 Å². The maximum Gasteiger partial charge on any atom is 1.00 e. The van der Waals surface area contributed by atoms with Gasteiger partial charge in [-0.05, 0) is 12.5 Å². The molecular weight excluding hydrogens is 147 g/mol. The Morgan fingerprint density at radius 1 is 1.27 bits per heavy atom. The van der Waals surface area contributed by atoms with Crippen LogP contribution in [0.3, 0.4) is 0 Å². The SMILES string of the molecule is C/C=C(\[O-])c1ccccc1.[Na+]. The van der Waals surface area contributed by atoms with Crippen LogP contribution >= 0.6 is 0 Å². The average Bonchev–Trinajstić information content (AvgIpc) is 2.05. The summed E-state index contributed by atoms with van der Waals surface area (Å²) in [5, 5.41) is 11.0. The van der Waals surface area contributed by atoms with Crippen LogP contribution < -0.4 is 34.7 Å². The summed E-state index contributed by atoms with van der Waals surface area (Å²) < 4.78 is 0. The van der Waals surface area contributed by atoms with Crippen molar-refractivity contribution in [1.82, 2.24) is 0 Å². The molecule has 0 aliphatic carbocycles. The molecule has 0 bridgehead atoms. The van der Waals surface area contributed by atoms with Crippen molar-refractivity contribution in [1.29, 1.82) is 0 Å². The van der Waals surface area contributed by atoms with Crippen molar-refractivity contribution in [2.45, 2.75) is 6.92 Å². The fourth-order valence-corrected chi connectivity index (χ4v) is 0.769. The van der Waals surface area contributed by atoms with E-state index in [-0.39, 0.29) is 35.3 Å². The molecule has 0 saturated heterocycles. The van der Waals surface area contributed by atoms with Gasteiger partial charge in [0.2, 0.25) is 0 Å². The molecule has 0 aromatic heterocycles. The zero-order valence-electron chi connectivity index (χ0n) is 6.87. The van der Waals surface area contributed by atoms with Gasteiger partial charge in [-0.15, -0.1) is 5.76 Å². The van der Waals surface area contributed by atoms with Crippen molar-refractivity contribution in [2.24, 2.45) is 0 Å². The maximum atomic E-state index is 11.0. The summed E-state index contributed by atoms with van der Waals surface area (Å²) in [6.45, 7) is 1.75. The molecule has 0 heterocycles. The van der Waals surface area contributed by atoms with E-state index in [4.69, 9.17) is 0 Å². The van der Waals surface area contributed by atoms with Gasteiger partial charge in [-0.25, -0.2) is 0 Å². The topological polar surface area (TPSA) is 23.1 Å². The van der Waals surface area contributed by atoms with Crippen molar-refractivity contribution in [2.75, 3.05) is 0 Å². The minimum absolute atomic E-state index is 0. The van der Waals surface area contributed by atoms with Gasteiger partial charge in [-0.3, -0.25) is 0 Å². The molecule has 0 aliphatic heterocycles. The second-order valence-electron chi connectivity index (χ2n) is 2.02. The van der Waals surface area contributed by atoms with E-state index < -0.39 is 0 Å². The Hall–Kier alpha value is -0.240. The number of hydrogen-bond donors (Lipinski definition) is 0. The molecule has 0 radical (unpaired) electrons. The molecule has 2 heteroatoms. The summed E-state index contributed by atoms with van der Waals surface area (Å²) in [6.07, 6.45) is 1.56. The molecule has 0 amide bonds. The minimum atomic E-state index is 0. The molecule has 0 saturated carbocycles. The number of benzene rings is 1. The number of allylic oxidation sites excluding steroid dienone is 1. The largest absolute Gasteiger partial charge is 1.00 e. The van der Waals surface area contributed by atoms with Crippen LogP contribution in [-0.4, -0.2) is 0 Å². The Kier molecular flexibility index (Phi) is 5.30. The zero-order chi connectivity index (χ0) is 7.40. The van der Waals surface area contributed by atoms with E-state index in [0.717, 1.165) is 5.56 Å². The van der Waals surface area contributed by atoms with Crippen LogP contribution in [0.1, 0.15) is 12.5 Å². The maximum absolute atomic E-state index is 11.0. The first-order valence-electron chi connectivity index (χ1n) is 3.23. The van der Waals surface area contributed by atoms with E-state index in [0.29, 0.717) is 0 Å². The normalized spacial score (nSPS) is 10.5. The van der Waals surface area contributed by atoms with Gasteiger partial charge < -0.3 is 5.11 Å². The van der Waals surface area contributed by atoms with Crippen LogP contribution in [0, 0.1) is 0 Å². The minimum Gasteiger partial charge on any atom is -0.872 e. The first-order chi connectivity index (χ1) is 4.84. The first-order valence-corrected chi connectivity index (χ1v) is 3.23. The van der Waals surface area contributed by atoms with Crippen molar-refractivity contribution < 1.29 is 34.7 Å². The monoisotopic (exact) mass is 156 g/mol. The number of rotatable bonds is 1. The molecule has 0 fully saturated rings. The van der Waals surface area contributed by atoms with Gasteiger partial charge in [0.15, 0.2) is 0 Å². The van der Waals surface area contributed by atoms with E-state index in [1.807, 2.05) is 30.3 Å². The van der Waals surface area contributed by atoms with Gasteiger partial charge in [-0.1, -0.05) is 36.4 Å². The summed E-state index contributed by atoms with van der Waals surface area (Å²) in [4.78, 5) is 0. The summed E-state index contributed by atoms with van der Waals surface area (Å²) in [5.41, 5.74) is 0.755. The third-order valence-corrected chi connectivity index (χ3v) is 1.32. The second kappa shape index (κ2) is 5.42. The Bertz CT molecular complexity index is 229. The molecule has 52 valence electrons. The van der Waals surface area contributed by atoms with E-state index >= 15 is 0 Å². The van der Waals surface area contributed by atoms with E-state index in [1.165, 1.54) is 0 Å².